The molecule has 7 heteroatoms. The summed E-state index contributed by atoms with van der Waals surface area (Å²) in [6, 6.07) is 12.3. The molecule has 2 rings (SSSR count). The van der Waals surface area contributed by atoms with Crippen molar-refractivity contribution >= 4 is 39.2 Å². The summed E-state index contributed by atoms with van der Waals surface area (Å²) < 4.78 is 1.04. The van der Waals surface area contributed by atoms with Gasteiger partial charge >= 0.3 is 6.03 Å². The molecule has 1 aromatic carbocycles. The van der Waals surface area contributed by atoms with E-state index in [4.69, 9.17) is 5.73 Å². The quantitative estimate of drug-likeness (QED) is 0.731. The summed E-state index contributed by atoms with van der Waals surface area (Å²) in [4.78, 5) is 26.8. The number of thiophene rings is 1. The molecule has 5 nitrogen and oxygen atoms in total. The Balaban J connectivity index is 2.08. The monoisotopic (exact) mass is 409 g/mol. The molecule has 128 valence electrons. The number of hydrogen-bond donors (Lipinski definition) is 2. The number of nitrogens with one attached hydrogen (secondary N) is 1. The zero-order valence-corrected chi connectivity index (χ0v) is 15.8. The van der Waals surface area contributed by atoms with Crippen molar-refractivity contribution in [1.29, 1.82) is 0 Å². The van der Waals surface area contributed by atoms with E-state index in [1.54, 1.807) is 16.2 Å². The molecule has 0 bridgehead atoms. The molecule has 0 unspecified atom stereocenters. The minimum Gasteiger partial charge on any atom is -0.352 e. The van der Waals surface area contributed by atoms with Crippen LogP contribution in [0.1, 0.15) is 29.8 Å². The maximum Gasteiger partial charge on any atom is 0.312 e. The van der Waals surface area contributed by atoms with Gasteiger partial charge in [-0.05, 0) is 40.5 Å². The summed E-state index contributed by atoms with van der Waals surface area (Å²) in [6.07, 6.45) is 0.174. The molecule has 24 heavy (non-hydrogen) atoms. The van der Waals surface area contributed by atoms with E-state index in [0.29, 0.717) is 13.1 Å². The fourth-order valence-corrected chi connectivity index (χ4v) is 3.91. The Bertz CT molecular complexity index is 690. The summed E-state index contributed by atoms with van der Waals surface area (Å²) in [5.41, 5.74) is 6.12. The van der Waals surface area contributed by atoms with Gasteiger partial charge in [0, 0.05) is 11.4 Å². The van der Waals surface area contributed by atoms with E-state index >= 15 is 0 Å². The predicted molar refractivity (Wildman–Crippen MR) is 99.6 cm³/mol. The normalized spacial score (nSPS) is 11.8. The molecule has 1 heterocycles. The van der Waals surface area contributed by atoms with Crippen molar-refractivity contribution in [3.8, 4) is 0 Å². The molecule has 1 atom stereocenters. The topological polar surface area (TPSA) is 75.4 Å². The van der Waals surface area contributed by atoms with E-state index in [9.17, 15) is 9.59 Å². The van der Waals surface area contributed by atoms with Crippen LogP contribution in [0.4, 0.5) is 4.79 Å². The maximum absolute atomic E-state index is 12.7. The lowest BCUT2D eigenvalue weighted by atomic mass is 10.0. The van der Waals surface area contributed by atoms with Gasteiger partial charge in [-0.3, -0.25) is 4.79 Å². The number of rotatable bonds is 7. The first kappa shape index (κ1) is 18.5. The highest BCUT2D eigenvalue weighted by Crippen LogP contribution is 2.24. The van der Waals surface area contributed by atoms with Gasteiger partial charge in [0.25, 0.3) is 0 Å². The first-order chi connectivity index (χ1) is 11.5. The number of carbonyl (C=O) groups excluding carboxylic acids is 2. The van der Waals surface area contributed by atoms with Gasteiger partial charge in [0.15, 0.2) is 0 Å². The number of nitrogens with zero attached hydrogens (tertiary/aromatic N) is 1. The van der Waals surface area contributed by atoms with Crippen LogP contribution in [0.15, 0.2) is 46.3 Å². The van der Waals surface area contributed by atoms with Crippen LogP contribution < -0.4 is 11.1 Å². The first-order valence-corrected chi connectivity index (χ1v) is 9.23. The third kappa shape index (κ3) is 5.35. The van der Waals surface area contributed by atoms with Crippen LogP contribution in [0.2, 0.25) is 0 Å². The molecule has 0 fully saturated rings. The number of nitrogens with two attached hydrogens (primary N) is 1. The Morgan fingerprint density at radius 1 is 1.25 bits per heavy atom. The van der Waals surface area contributed by atoms with E-state index in [-0.39, 0.29) is 12.3 Å². The zero-order chi connectivity index (χ0) is 17.5. The molecule has 3 amide bonds. The lowest BCUT2D eigenvalue weighted by Gasteiger charge is -2.24. The summed E-state index contributed by atoms with van der Waals surface area (Å²) in [5, 5.41) is 2.66. The molecule has 1 aromatic heterocycles. The zero-order valence-electron chi connectivity index (χ0n) is 13.4. The fourth-order valence-electron chi connectivity index (χ4n) is 2.41. The van der Waals surface area contributed by atoms with Crippen LogP contribution in [0, 0.1) is 0 Å². The lowest BCUT2D eigenvalue weighted by Crippen LogP contribution is -2.38. The third-order valence-corrected chi connectivity index (χ3v) is 5.22. The number of amides is 3. The Morgan fingerprint density at radius 3 is 2.50 bits per heavy atom. The number of halogens is 1. The first-order valence-electron chi connectivity index (χ1n) is 7.62. The third-order valence-electron chi connectivity index (χ3n) is 3.61. The van der Waals surface area contributed by atoms with Gasteiger partial charge in [-0.25, -0.2) is 4.79 Å². The highest BCUT2D eigenvalue weighted by Gasteiger charge is 2.21. The second-order valence-electron chi connectivity index (χ2n) is 5.29. The van der Waals surface area contributed by atoms with E-state index in [0.717, 1.165) is 14.2 Å². The van der Waals surface area contributed by atoms with E-state index < -0.39 is 12.1 Å². The van der Waals surface area contributed by atoms with Gasteiger partial charge in [-0.15, -0.1) is 11.3 Å². The van der Waals surface area contributed by atoms with Gasteiger partial charge in [0.05, 0.1) is 22.8 Å². The molecular weight excluding hydrogens is 390 g/mol. The molecule has 0 spiro atoms. The SMILES string of the molecule is CCN(Cc1ccc(Br)s1)C(=O)C[C@H](NC(N)=O)c1ccccc1. The van der Waals surface area contributed by atoms with Crippen LogP contribution in [0.3, 0.4) is 0 Å². The van der Waals surface area contributed by atoms with Crippen molar-refractivity contribution in [3.05, 3.63) is 56.7 Å². The lowest BCUT2D eigenvalue weighted by molar-refractivity contribution is -0.132. The van der Waals surface area contributed by atoms with Crippen LogP contribution in [0.5, 0.6) is 0 Å². The fraction of sp³-hybridized carbons (Fsp3) is 0.294. The minimum absolute atomic E-state index is 0.0235. The van der Waals surface area contributed by atoms with Gasteiger partial charge in [0.1, 0.15) is 0 Å². The average molecular weight is 410 g/mol. The standard InChI is InChI=1S/C17H20BrN3O2S/c1-2-21(11-13-8-9-15(18)24-13)16(22)10-14(20-17(19)23)12-6-4-3-5-7-12/h3-9,14H,2,10-11H2,1H3,(H3,19,20,23)/t14-/m0/s1. The minimum atomic E-state index is -0.637. The van der Waals surface area contributed by atoms with Crippen LogP contribution in [-0.2, 0) is 11.3 Å². The molecule has 0 saturated heterocycles. The maximum atomic E-state index is 12.7. The number of primary amides is 1. The highest BCUT2D eigenvalue weighted by atomic mass is 79.9. The van der Waals surface area contributed by atoms with E-state index in [2.05, 4.69) is 21.2 Å². The van der Waals surface area contributed by atoms with Crippen molar-refractivity contribution in [2.75, 3.05) is 6.54 Å². The molecule has 2 aromatic rings. The van der Waals surface area contributed by atoms with Gasteiger partial charge in [-0.2, -0.15) is 0 Å². The Kier molecular flexibility index (Phi) is 6.81. The predicted octanol–water partition coefficient (Wildman–Crippen LogP) is 3.66. The summed E-state index contributed by atoms with van der Waals surface area (Å²) in [7, 11) is 0. The van der Waals surface area contributed by atoms with Crippen molar-refractivity contribution in [2.24, 2.45) is 5.73 Å². The van der Waals surface area contributed by atoms with Crippen LogP contribution >= 0.6 is 27.3 Å². The molecule has 3 N–H and O–H groups in total. The largest absolute Gasteiger partial charge is 0.352 e. The van der Waals surface area contributed by atoms with Crippen molar-refractivity contribution in [2.45, 2.75) is 25.9 Å². The van der Waals surface area contributed by atoms with Crippen LogP contribution in [0.25, 0.3) is 0 Å². The second-order valence-corrected chi connectivity index (χ2v) is 7.84. The van der Waals surface area contributed by atoms with E-state index in [1.165, 1.54) is 0 Å². The van der Waals surface area contributed by atoms with Gasteiger partial charge < -0.3 is 16.0 Å². The Morgan fingerprint density at radius 2 is 1.96 bits per heavy atom. The average Bonchev–Trinajstić information content (AvgIpc) is 2.97. The number of hydrogen-bond acceptors (Lipinski definition) is 3. The highest BCUT2D eigenvalue weighted by molar-refractivity contribution is 9.11. The van der Waals surface area contributed by atoms with Crippen molar-refractivity contribution < 1.29 is 9.59 Å². The summed E-state index contributed by atoms with van der Waals surface area (Å²) in [6.45, 7) is 3.11. The molecule has 0 radical (unpaired) electrons. The van der Waals surface area contributed by atoms with Gasteiger partial charge in [-0.1, -0.05) is 30.3 Å². The van der Waals surface area contributed by atoms with Crippen LogP contribution in [-0.4, -0.2) is 23.4 Å². The molecule has 0 aliphatic carbocycles. The summed E-state index contributed by atoms with van der Waals surface area (Å²) in [5.74, 6) is -0.0235. The number of benzene rings is 1. The Labute approximate surface area is 154 Å². The number of urea groups is 1. The Hall–Kier alpha value is -1.86. The van der Waals surface area contributed by atoms with Crippen molar-refractivity contribution in [3.63, 3.8) is 0 Å². The second kappa shape index (κ2) is 8.84. The summed E-state index contributed by atoms with van der Waals surface area (Å²) >= 11 is 5.04. The molecular formula is C17H20BrN3O2S. The van der Waals surface area contributed by atoms with Gasteiger partial charge in [0.2, 0.25) is 5.91 Å². The van der Waals surface area contributed by atoms with E-state index in [1.807, 2.05) is 49.4 Å². The molecule has 0 aliphatic heterocycles. The number of carbonyl (C=O) groups is 2. The van der Waals surface area contributed by atoms with Crippen molar-refractivity contribution in [1.82, 2.24) is 10.2 Å². The smallest absolute Gasteiger partial charge is 0.312 e. The molecule has 0 saturated carbocycles. The molecule has 0 aliphatic rings.